The Morgan fingerprint density at radius 1 is 0.933 bits per heavy atom. The van der Waals surface area contributed by atoms with E-state index in [-0.39, 0.29) is 5.69 Å². The van der Waals surface area contributed by atoms with E-state index in [4.69, 9.17) is 16.3 Å². The molecule has 0 unspecified atom stereocenters. The van der Waals surface area contributed by atoms with Crippen molar-refractivity contribution in [1.82, 2.24) is 0 Å². The maximum Gasteiger partial charge on any atom is 0.271 e. The number of rotatable bonds is 7. The van der Waals surface area contributed by atoms with Gasteiger partial charge in [0, 0.05) is 40.5 Å². The number of fused-ring (bicyclic) bond motifs is 1. The first kappa shape index (κ1) is 19.7. The number of nitrogens with one attached hydrogen (secondary N) is 1. The van der Waals surface area contributed by atoms with Gasteiger partial charge in [-0.1, -0.05) is 66.2 Å². The lowest BCUT2D eigenvalue weighted by Gasteiger charge is -2.16. The predicted octanol–water partition coefficient (Wildman–Crippen LogP) is 6.59. The highest BCUT2D eigenvalue weighted by atomic mass is 35.5. The van der Waals surface area contributed by atoms with Gasteiger partial charge in [0.2, 0.25) is 0 Å². The number of nitro groups is 1. The summed E-state index contributed by atoms with van der Waals surface area (Å²) in [7, 11) is 0. The number of benzene rings is 4. The van der Waals surface area contributed by atoms with E-state index in [0.717, 1.165) is 27.6 Å². The first-order valence-corrected chi connectivity index (χ1v) is 9.85. The smallest absolute Gasteiger partial charge is 0.271 e. The Morgan fingerprint density at radius 2 is 1.73 bits per heavy atom. The quantitative estimate of drug-likeness (QED) is 0.271. The summed E-state index contributed by atoms with van der Waals surface area (Å²) in [6, 6.07) is 26.1. The minimum Gasteiger partial charge on any atom is -0.488 e. The van der Waals surface area contributed by atoms with E-state index in [1.54, 1.807) is 6.07 Å². The van der Waals surface area contributed by atoms with Gasteiger partial charge in [-0.2, -0.15) is 0 Å². The van der Waals surface area contributed by atoms with Crippen LogP contribution in [-0.4, -0.2) is 4.92 Å². The van der Waals surface area contributed by atoms with Crippen LogP contribution in [0.3, 0.4) is 0 Å². The largest absolute Gasteiger partial charge is 0.488 e. The Hall–Kier alpha value is -3.57. The Balaban J connectivity index is 1.63. The van der Waals surface area contributed by atoms with Crippen molar-refractivity contribution in [2.75, 3.05) is 5.32 Å². The van der Waals surface area contributed by atoms with Gasteiger partial charge >= 0.3 is 0 Å². The number of anilines is 1. The molecule has 0 aromatic heterocycles. The second kappa shape index (κ2) is 8.84. The molecule has 30 heavy (non-hydrogen) atoms. The molecule has 0 saturated carbocycles. The molecule has 0 spiro atoms. The first-order chi connectivity index (χ1) is 14.6. The van der Waals surface area contributed by atoms with E-state index < -0.39 is 4.92 Å². The van der Waals surface area contributed by atoms with Gasteiger partial charge in [0.25, 0.3) is 5.69 Å². The number of ether oxygens (including phenoxy) is 1. The molecule has 4 aromatic carbocycles. The maximum absolute atomic E-state index is 11.1. The van der Waals surface area contributed by atoms with Crippen molar-refractivity contribution < 1.29 is 9.66 Å². The predicted molar refractivity (Wildman–Crippen MR) is 120 cm³/mol. The summed E-state index contributed by atoms with van der Waals surface area (Å²) >= 11 is 6.26. The molecule has 0 atom stereocenters. The highest BCUT2D eigenvalue weighted by Gasteiger charge is 2.11. The summed E-state index contributed by atoms with van der Waals surface area (Å²) in [6.07, 6.45) is 0. The second-order valence-electron chi connectivity index (χ2n) is 6.80. The van der Waals surface area contributed by atoms with E-state index in [1.165, 1.54) is 12.1 Å². The van der Waals surface area contributed by atoms with E-state index in [9.17, 15) is 10.1 Å². The number of hydrogen-bond acceptors (Lipinski definition) is 4. The van der Waals surface area contributed by atoms with Crippen LogP contribution >= 0.6 is 11.6 Å². The molecule has 0 aliphatic heterocycles. The summed E-state index contributed by atoms with van der Waals surface area (Å²) in [5, 5.41) is 17.2. The van der Waals surface area contributed by atoms with Crippen molar-refractivity contribution in [3.05, 3.63) is 111 Å². The van der Waals surface area contributed by atoms with Crippen molar-refractivity contribution in [1.29, 1.82) is 0 Å². The fourth-order valence-electron chi connectivity index (χ4n) is 3.32. The molecule has 1 N–H and O–H groups in total. The molecule has 4 rings (SSSR count). The van der Waals surface area contributed by atoms with Gasteiger partial charge in [0.15, 0.2) is 0 Å². The van der Waals surface area contributed by atoms with Crippen LogP contribution in [0.25, 0.3) is 10.8 Å². The van der Waals surface area contributed by atoms with E-state index >= 15 is 0 Å². The molecule has 0 aliphatic carbocycles. The van der Waals surface area contributed by atoms with E-state index in [2.05, 4.69) is 5.32 Å². The molecule has 0 bridgehead atoms. The Kier molecular flexibility index (Phi) is 5.82. The molecular weight excluding hydrogens is 400 g/mol. The second-order valence-corrected chi connectivity index (χ2v) is 7.21. The minimum absolute atomic E-state index is 0.0492. The Morgan fingerprint density at radius 3 is 2.57 bits per heavy atom. The number of nitrogens with zero attached hydrogens (tertiary/aromatic N) is 1. The summed E-state index contributed by atoms with van der Waals surface area (Å²) < 4.78 is 6.13. The minimum atomic E-state index is -0.402. The monoisotopic (exact) mass is 418 g/mol. The molecule has 0 radical (unpaired) electrons. The van der Waals surface area contributed by atoms with Crippen LogP contribution in [0.2, 0.25) is 5.02 Å². The van der Waals surface area contributed by atoms with Gasteiger partial charge in [-0.25, -0.2) is 0 Å². The van der Waals surface area contributed by atoms with Gasteiger partial charge in [-0.15, -0.1) is 0 Å². The molecule has 5 nitrogen and oxygen atoms in total. The maximum atomic E-state index is 11.1. The van der Waals surface area contributed by atoms with Crippen LogP contribution in [-0.2, 0) is 13.2 Å². The van der Waals surface area contributed by atoms with Gasteiger partial charge in [0.05, 0.1) is 4.92 Å². The molecule has 0 amide bonds. The van der Waals surface area contributed by atoms with Crippen LogP contribution < -0.4 is 10.1 Å². The molecular formula is C24H19ClN2O3. The lowest BCUT2D eigenvalue weighted by Crippen LogP contribution is -2.05. The van der Waals surface area contributed by atoms with Gasteiger partial charge in [-0.05, 0) is 29.0 Å². The van der Waals surface area contributed by atoms with Gasteiger partial charge in [0.1, 0.15) is 12.4 Å². The number of non-ortho nitro benzene ring substituents is 1. The molecule has 0 heterocycles. The number of nitro benzene ring substituents is 1. The van der Waals surface area contributed by atoms with Crippen LogP contribution in [0.15, 0.2) is 84.9 Å². The standard InChI is InChI=1S/C24H19ClN2O3/c25-23-11-4-2-7-18(23)16-30-24-13-12-17-6-1-3-10-21(17)22(24)15-26-19-8-5-9-20(14-19)27(28)29/h1-14,26H,15-16H2. The molecule has 0 aliphatic rings. The van der Waals surface area contributed by atoms with Crippen LogP contribution in [0, 0.1) is 10.1 Å². The van der Waals surface area contributed by atoms with Crippen molar-refractivity contribution in [3.63, 3.8) is 0 Å². The third kappa shape index (κ3) is 4.36. The Bertz CT molecular complexity index is 1210. The molecule has 0 saturated heterocycles. The third-order valence-electron chi connectivity index (χ3n) is 4.86. The zero-order valence-electron chi connectivity index (χ0n) is 16.0. The van der Waals surface area contributed by atoms with Gasteiger partial charge in [-0.3, -0.25) is 10.1 Å². The van der Waals surface area contributed by atoms with Crippen LogP contribution in [0.1, 0.15) is 11.1 Å². The number of hydrogen-bond donors (Lipinski definition) is 1. The third-order valence-corrected chi connectivity index (χ3v) is 5.23. The van der Waals surface area contributed by atoms with Crippen molar-refractivity contribution in [2.45, 2.75) is 13.2 Å². The zero-order valence-corrected chi connectivity index (χ0v) is 16.8. The van der Waals surface area contributed by atoms with Crippen molar-refractivity contribution in [3.8, 4) is 5.75 Å². The summed E-state index contributed by atoms with van der Waals surface area (Å²) in [4.78, 5) is 10.6. The number of halogens is 1. The highest BCUT2D eigenvalue weighted by molar-refractivity contribution is 6.31. The molecule has 150 valence electrons. The van der Waals surface area contributed by atoms with E-state index in [0.29, 0.717) is 23.9 Å². The zero-order chi connectivity index (χ0) is 20.9. The molecule has 0 fully saturated rings. The van der Waals surface area contributed by atoms with Crippen molar-refractivity contribution >= 4 is 33.7 Å². The normalized spacial score (nSPS) is 10.7. The highest BCUT2D eigenvalue weighted by Crippen LogP contribution is 2.30. The lowest BCUT2D eigenvalue weighted by atomic mass is 10.0. The Labute approximate surface area is 179 Å². The summed E-state index contributed by atoms with van der Waals surface area (Å²) in [6.45, 7) is 0.808. The summed E-state index contributed by atoms with van der Waals surface area (Å²) in [5.41, 5.74) is 2.61. The molecule has 4 aromatic rings. The average molecular weight is 419 g/mol. The average Bonchev–Trinajstić information content (AvgIpc) is 2.77. The summed E-state index contributed by atoms with van der Waals surface area (Å²) in [5.74, 6) is 0.742. The van der Waals surface area contributed by atoms with Gasteiger partial charge < -0.3 is 10.1 Å². The van der Waals surface area contributed by atoms with E-state index in [1.807, 2.05) is 66.7 Å². The SMILES string of the molecule is O=[N+]([O-])c1cccc(NCc2c(OCc3ccccc3Cl)ccc3ccccc23)c1. The van der Waals surface area contributed by atoms with Crippen molar-refractivity contribution in [2.24, 2.45) is 0 Å². The van der Waals surface area contributed by atoms with Crippen LogP contribution in [0.4, 0.5) is 11.4 Å². The van der Waals surface area contributed by atoms with Crippen LogP contribution in [0.5, 0.6) is 5.75 Å². The lowest BCUT2D eigenvalue weighted by molar-refractivity contribution is -0.384. The topological polar surface area (TPSA) is 64.4 Å². The first-order valence-electron chi connectivity index (χ1n) is 9.47. The fourth-order valence-corrected chi connectivity index (χ4v) is 3.51. The molecule has 6 heteroatoms. The fraction of sp³-hybridized carbons (Fsp3) is 0.0833.